The maximum Gasteiger partial charge on any atom is 0.303 e. The maximum atomic E-state index is 12.1. The average molecular weight is 382 g/mol. The fourth-order valence-electron chi connectivity index (χ4n) is 3.24. The molecule has 0 radical (unpaired) electrons. The molecule has 0 spiro atoms. The van der Waals surface area contributed by atoms with Crippen LogP contribution in [-0.4, -0.2) is 39.0 Å². The van der Waals surface area contributed by atoms with Gasteiger partial charge in [-0.3, -0.25) is 10.1 Å². The van der Waals surface area contributed by atoms with Crippen molar-refractivity contribution in [1.29, 1.82) is 0 Å². The summed E-state index contributed by atoms with van der Waals surface area (Å²) in [6, 6.07) is 18.3. The lowest BCUT2D eigenvalue weighted by Crippen LogP contribution is -2.24. The number of rotatable bonds is 8. The van der Waals surface area contributed by atoms with Crippen molar-refractivity contribution in [2.45, 2.75) is 19.8 Å². The Morgan fingerprint density at radius 3 is 2.04 bits per heavy atom. The summed E-state index contributed by atoms with van der Waals surface area (Å²) in [4.78, 5) is 11.7. The lowest BCUT2D eigenvalue weighted by atomic mass is 10.0. The van der Waals surface area contributed by atoms with Crippen molar-refractivity contribution in [2.75, 3.05) is 13.2 Å². The molecule has 146 valence electrons. The largest absolute Gasteiger partial charge is 0.394 e. The van der Waals surface area contributed by atoms with Crippen LogP contribution in [0.1, 0.15) is 5.69 Å². The van der Waals surface area contributed by atoms with E-state index in [0.717, 1.165) is 5.56 Å². The molecule has 0 unspecified atom stereocenters. The first-order valence-electron chi connectivity index (χ1n) is 8.90. The molecule has 3 rings (SSSR count). The molecule has 0 amide bonds. The first-order chi connectivity index (χ1) is 13.6. The average Bonchev–Trinajstić information content (AvgIpc) is 3.02. The van der Waals surface area contributed by atoms with Gasteiger partial charge >= 0.3 is 5.69 Å². The lowest BCUT2D eigenvalue weighted by molar-refractivity contribution is -0.383. The fourth-order valence-corrected chi connectivity index (χ4v) is 3.24. The summed E-state index contributed by atoms with van der Waals surface area (Å²) >= 11 is 0. The van der Waals surface area contributed by atoms with E-state index in [1.807, 2.05) is 60.7 Å². The van der Waals surface area contributed by atoms with Gasteiger partial charge in [0.2, 0.25) is 0 Å². The van der Waals surface area contributed by atoms with Gasteiger partial charge in [0.15, 0.2) is 0 Å². The Kier molecular flexibility index (Phi) is 6.20. The van der Waals surface area contributed by atoms with Crippen molar-refractivity contribution in [3.8, 4) is 22.4 Å². The second-order valence-electron chi connectivity index (χ2n) is 6.36. The third-order valence-corrected chi connectivity index (χ3v) is 4.64. The molecule has 28 heavy (non-hydrogen) atoms. The Morgan fingerprint density at radius 1 is 1.00 bits per heavy atom. The molecule has 7 heteroatoms. The molecule has 2 aromatic carbocycles. The van der Waals surface area contributed by atoms with Gasteiger partial charge in [0.25, 0.3) is 0 Å². The molecular formula is C21H22N2O5. The summed E-state index contributed by atoms with van der Waals surface area (Å²) in [6.07, 6.45) is -0.760. The van der Waals surface area contributed by atoms with Gasteiger partial charge in [0.1, 0.15) is 18.5 Å². The number of ether oxygens (including phenoxy) is 1. The van der Waals surface area contributed by atoms with E-state index in [2.05, 4.69) is 0 Å². The van der Waals surface area contributed by atoms with Crippen LogP contribution in [0.4, 0.5) is 5.69 Å². The van der Waals surface area contributed by atoms with E-state index in [9.17, 15) is 20.3 Å². The van der Waals surface area contributed by atoms with Crippen LogP contribution < -0.4 is 0 Å². The van der Waals surface area contributed by atoms with Gasteiger partial charge in [-0.15, -0.1) is 0 Å². The van der Waals surface area contributed by atoms with Crippen molar-refractivity contribution in [2.24, 2.45) is 0 Å². The van der Waals surface area contributed by atoms with Crippen molar-refractivity contribution in [3.05, 3.63) is 76.5 Å². The lowest BCUT2D eigenvalue weighted by Gasteiger charge is -2.16. The maximum absolute atomic E-state index is 12.1. The molecule has 0 aliphatic heterocycles. The number of hydrogen-bond donors (Lipinski definition) is 2. The van der Waals surface area contributed by atoms with E-state index in [1.165, 1.54) is 0 Å². The highest BCUT2D eigenvalue weighted by Gasteiger charge is 2.31. The smallest absolute Gasteiger partial charge is 0.303 e. The van der Waals surface area contributed by atoms with Crippen LogP contribution in [0, 0.1) is 17.0 Å². The van der Waals surface area contributed by atoms with Crippen LogP contribution in [0.3, 0.4) is 0 Å². The highest BCUT2D eigenvalue weighted by atomic mass is 16.6. The van der Waals surface area contributed by atoms with Crippen LogP contribution in [0.2, 0.25) is 0 Å². The standard InChI is InChI=1S/C21H22N2O5/c1-15-19(16-8-4-2-5-9-16)21(23(26)27)20(17-10-6-3-7-11-17)22(15)14-28-18(12-24)13-25/h2-11,18,24-25H,12-14H2,1H3. The van der Waals surface area contributed by atoms with Crippen LogP contribution >= 0.6 is 0 Å². The van der Waals surface area contributed by atoms with E-state index in [0.29, 0.717) is 22.5 Å². The first kappa shape index (κ1) is 19.8. The van der Waals surface area contributed by atoms with Gasteiger partial charge in [-0.2, -0.15) is 0 Å². The molecule has 0 aliphatic rings. The molecule has 3 aromatic rings. The number of aromatic nitrogens is 1. The van der Waals surface area contributed by atoms with Crippen molar-refractivity contribution in [3.63, 3.8) is 0 Å². The number of nitro groups is 1. The molecule has 1 aromatic heterocycles. The fraction of sp³-hybridized carbons (Fsp3) is 0.238. The minimum atomic E-state index is -0.760. The molecule has 0 atom stereocenters. The van der Waals surface area contributed by atoms with E-state index < -0.39 is 6.10 Å². The second kappa shape index (κ2) is 8.79. The van der Waals surface area contributed by atoms with Crippen molar-refractivity contribution < 1.29 is 19.9 Å². The number of hydrogen-bond acceptors (Lipinski definition) is 5. The van der Waals surface area contributed by atoms with E-state index in [-0.39, 0.29) is 30.6 Å². The van der Waals surface area contributed by atoms with Gasteiger partial charge in [-0.25, -0.2) is 0 Å². The Balaban J connectivity index is 2.23. The Morgan fingerprint density at radius 2 is 1.54 bits per heavy atom. The van der Waals surface area contributed by atoms with Gasteiger partial charge < -0.3 is 19.5 Å². The Labute approximate surface area is 162 Å². The Bertz CT molecular complexity index is 934. The molecule has 0 bridgehead atoms. The van der Waals surface area contributed by atoms with Crippen LogP contribution in [0.25, 0.3) is 22.4 Å². The van der Waals surface area contributed by atoms with Crippen LogP contribution in [-0.2, 0) is 11.5 Å². The minimum absolute atomic E-state index is 0.00282. The highest BCUT2D eigenvalue weighted by Crippen LogP contribution is 2.43. The summed E-state index contributed by atoms with van der Waals surface area (Å²) in [6.45, 7) is 1.09. The molecule has 0 saturated heterocycles. The summed E-state index contributed by atoms with van der Waals surface area (Å²) in [5, 5.41) is 30.6. The van der Waals surface area contributed by atoms with Gasteiger partial charge in [0, 0.05) is 11.3 Å². The first-order valence-corrected chi connectivity index (χ1v) is 8.90. The molecule has 2 N–H and O–H groups in total. The zero-order valence-electron chi connectivity index (χ0n) is 15.5. The Hall–Kier alpha value is -3.00. The quantitative estimate of drug-likeness (QED) is 0.460. The third kappa shape index (κ3) is 3.82. The summed E-state index contributed by atoms with van der Waals surface area (Å²) in [5.74, 6) is 0. The van der Waals surface area contributed by atoms with E-state index in [4.69, 9.17) is 4.74 Å². The topological polar surface area (TPSA) is 97.8 Å². The molecular weight excluding hydrogens is 360 g/mol. The molecule has 1 heterocycles. The van der Waals surface area contributed by atoms with Crippen LogP contribution in [0.15, 0.2) is 60.7 Å². The monoisotopic (exact) mass is 382 g/mol. The second-order valence-corrected chi connectivity index (χ2v) is 6.36. The van der Waals surface area contributed by atoms with Crippen LogP contribution in [0.5, 0.6) is 0 Å². The number of aliphatic hydroxyl groups is 2. The van der Waals surface area contributed by atoms with Gasteiger partial charge in [-0.1, -0.05) is 60.7 Å². The highest BCUT2D eigenvalue weighted by molar-refractivity contribution is 5.87. The van der Waals surface area contributed by atoms with Crippen molar-refractivity contribution in [1.82, 2.24) is 4.57 Å². The molecule has 7 nitrogen and oxygen atoms in total. The number of nitrogens with zero attached hydrogens (tertiary/aromatic N) is 2. The summed E-state index contributed by atoms with van der Waals surface area (Å²) in [7, 11) is 0. The minimum Gasteiger partial charge on any atom is -0.394 e. The normalized spacial score (nSPS) is 11.1. The summed E-state index contributed by atoms with van der Waals surface area (Å²) in [5.41, 5.74) is 3.06. The SMILES string of the molecule is Cc1c(-c2ccccc2)c([N+](=O)[O-])c(-c2ccccc2)n1COC(CO)CO. The zero-order valence-corrected chi connectivity index (χ0v) is 15.5. The van der Waals surface area contributed by atoms with Crippen molar-refractivity contribution >= 4 is 5.69 Å². The van der Waals surface area contributed by atoms with E-state index >= 15 is 0 Å². The van der Waals surface area contributed by atoms with E-state index in [1.54, 1.807) is 11.5 Å². The summed E-state index contributed by atoms with van der Waals surface area (Å²) < 4.78 is 7.31. The third-order valence-electron chi connectivity index (χ3n) is 4.64. The van der Waals surface area contributed by atoms with Gasteiger partial charge in [0.05, 0.1) is 23.7 Å². The van der Waals surface area contributed by atoms with Gasteiger partial charge in [-0.05, 0) is 12.5 Å². The molecule has 0 aliphatic carbocycles. The zero-order chi connectivity index (χ0) is 20.1. The molecule has 0 fully saturated rings. The molecule has 0 saturated carbocycles. The predicted octanol–water partition coefficient (Wildman–Crippen LogP) is 3.37. The number of benzene rings is 2. The number of aliphatic hydroxyl groups excluding tert-OH is 2. The predicted molar refractivity (Wildman–Crippen MR) is 106 cm³/mol.